The minimum Gasteiger partial charge on any atom is -0.469 e. The zero-order chi connectivity index (χ0) is 21.1. The molecule has 1 fully saturated rings. The van der Waals surface area contributed by atoms with Crippen LogP contribution in [0, 0.1) is 16.0 Å². The van der Waals surface area contributed by atoms with Gasteiger partial charge in [-0.25, -0.2) is 0 Å². The molecule has 0 bridgehead atoms. The maximum atomic E-state index is 12.4. The summed E-state index contributed by atoms with van der Waals surface area (Å²) in [7, 11) is 1.34. The van der Waals surface area contributed by atoms with Crippen LogP contribution in [0.4, 0.5) is 5.69 Å². The topological polar surface area (TPSA) is 127 Å². The highest BCUT2D eigenvalue weighted by molar-refractivity contribution is 6.21. The second kappa shape index (κ2) is 8.38. The standard InChI is InChI=1S/C19H21N3O7/c1-29-19(26)12-6-9-20(10-7-12)16(23)3-2-8-21-17(24)14-5-4-13(22(27)28)11-15(14)18(21)25/h4-5,11-12H,2-3,6-10H2,1H3. The van der Waals surface area contributed by atoms with Gasteiger partial charge in [0.1, 0.15) is 0 Å². The van der Waals surface area contributed by atoms with Crippen molar-refractivity contribution in [1.82, 2.24) is 9.80 Å². The average molecular weight is 403 g/mol. The third-order valence-corrected chi connectivity index (χ3v) is 5.32. The number of hydrogen-bond donors (Lipinski definition) is 0. The predicted octanol–water partition coefficient (Wildman–Crippen LogP) is 1.38. The Morgan fingerprint density at radius 2 is 1.83 bits per heavy atom. The zero-order valence-electron chi connectivity index (χ0n) is 16.0. The number of ether oxygens (including phenoxy) is 1. The van der Waals surface area contributed by atoms with Gasteiger partial charge in [0.05, 0.1) is 29.1 Å². The number of nitrogens with zero attached hydrogens (tertiary/aromatic N) is 3. The molecule has 29 heavy (non-hydrogen) atoms. The van der Waals surface area contributed by atoms with Gasteiger partial charge in [-0.05, 0) is 25.3 Å². The number of non-ortho nitro benzene ring substituents is 1. The van der Waals surface area contributed by atoms with Crippen LogP contribution in [0.3, 0.4) is 0 Å². The van der Waals surface area contributed by atoms with E-state index >= 15 is 0 Å². The van der Waals surface area contributed by atoms with E-state index in [2.05, 4.69) is 0 Å². The number of hydrogen-bond acceptors (Lipinski definition) is 7. The number of piperidine rings is 1. The van der Waals surface area contributed by atoms with E-state index in [4.69, 9.17) is 4.74 Å². The largest absolute Gasteiger partial charge is 0.469 e. The van der Waals surface area contributed by atoms with E-state index in [9.17, 15) is 29.3 Å². The molecule has 3 rings (SSSR count). The number of carbonyl (C=O) groups excluding carboxylic acids is 4. The van der Waals surface area contributed by atoms with Crippen molar-refractivity contribution >= 4 is 29.4 Å². The van der Waals surface area contributed by atoms with Gasteiger partial charge < -0.3 is 9.64 Å². The fourth-order valence-corrected chi connectivity index (χ4v) is 3.67. The predicted molar refractivity (Wildman–Crippen MR) is 99.0 cm³/mol. The van der Waals surface area contributed by atoms with Crippen molar-refractivity contribution < 1.29 is 28.8 Å². The number of likely N-dealkylation sites (tertiary alicyclic amines) is 1. The quantitative estimate of drug-likeness (QED) is 0.304. The fraction of sp³-hybridized carbons (Fsp3) is 0.474. The number of esters is 1. The van der Waals surface area contributed by atoms with Gasteiger partial charge in [0.15, 0.2) is 0 Å². The number of methoxy groups -OCH3 is 1. The minimum atomic E-state index is -0.622. The average Bonchev–Trinajstić information content (AvgIpc) is 2.97. The summed E-state index contributed by atoms with van der Waals surface area (Å²) in [5, 5.41) is 10.9. The normalized spacial score (nSPS) is 16.7. The number of imide groups is 1. The number of amides is 3. The maximum absolute atomic E-state index is 12.4. The molecule has 1 saturated heterocycles. The van der Waals surface area contributed by atoms with Crippen molar-refractivity contribution in [3.63, 3.8) is 0 Å². The summed E-state index contributed by atoms with van der Waals surface area (Å²) < 4.78 is 4.73. The number of carbonyl (C=O) groups is 4. The number of fused-ring (bicyclic) bond motifs is 1. The Hall–Kier alpha value is -3.30. The maximum Gasteiger partial charge on any atom is 0.308 e. The smallest absolute Gasteiger partial charge is 0.308 e. The molecule has 2 heterocycles. The van der Waals surface area contributed by atoms with Crippen molar-refractivity contribution in [2.24, 2.45) is 5.92 Å². The van der Waals surface area contributed by atoms with E-state index in [-0.39, 0.29) is 47.6 Å². The minimum absolute atomic E-state index is 0.0143. The van der Waals surface area contributed by atoms with Crippen molar-refractivity contribution in [3.8, 4) is 0 Å². The van der Waals surface area contributed by atoms with Gasteiger partial charge in [-0.2, -0.15) is 0 Å². The molecule has 0 unspecified atom stereocenters. The van der Waals surface area contributed by atoms with Crippen LogP contribution in [0.1, 0.15) is 46.4 Å². The molecule has 0 saturated carbocycles. The third kappa shape index (κ3) is 4.10. The molecule has 0 aromatic heterocycles. The first-order chi connectivity index (χ1) is 13.8. The van der Waals surface area contributed by atoms with Gasteiger partial charge in [0, 0.05) is 38.2 Å². The molecule has 1 aromatic rings. The molecule has 2 aliphatic heterocycles. The Labute approximate surface area is 166 Å². The summed E-state index contributed by atoms with van der Waals surface area (Å²) in [6, 6.07) is 3.57. The van der Waals surface area contributed by atoms with Crippen LogP contribution in [0.5, 0.6) is 0 Å². The number of rotatable bonds is 6. The van der Waals surface area contributed by atoms with E-state index in [0.717, 1.165) is 11.0 Å². The number of benzene rings is 1. The van der Waals surface area contributed by atoms with E-state index in [1.54, 1.807) is 4.90 Å². The molecule has 2 aliphatic rings. The van der Waals surface area contributed by atoms with Gasteiger partial charge in [-0.15, -0.1) is 0 Å². The van der Waals surface area contributed by atoms with Gasteiger partial charge in [0.25, 0.3) is 17.5 Å². The second-order valence-electron chi connectivity index (χ2n) is 7.03. The molecule has 10 nitrogen and oxygen atoms in total. The van der Waals surface area contributed by atoms with Crippen molar-refractivity contribution in [1.29, 1.82) is 0 Å². The summed E-state index contributed by atoms with van der Waals surface area (Å²) >= 11 is 0. The zero-order valence-corrected chi connectivity index (χ0v) is 16.0. The van der Waals surface area contributed by atoms with E-state index < -0.39 is 16.7 Å². The van der Waals surface area contributed by atoms with Gasteiger partial charge >= 0.3 is 5.97 Å². The van der Waals surface area contributed by atoms with Crippen molar-refractivity contribution in [3.05, 3.63) is 39.4 Å². The molecule has 3 amide bonds. The SMILES string of the molecule is COC(=O)C1CCN(C(=O)CCCN2C(=O)c3ccc([N+](=O)[O-])cc3C2=O)CC1. The Bertz CT molecular complexity index is 875. The van der Waals surface area contributed by atoms with Crippen LogP contribution in [0.25, 0.3) is 0 Å². The summed E-state index contributed by atoms with van der Waals surface area (Å²) in [4.78, 5) is 61.7. The lowest BCUT2D eigenvalue weighted by Gasteiger charge is -2.30. The van der Waals surface area contributed by atoms with Gasteiger partial charge in [-0.3, -0.25) is 34.2 Å². The first-order valence-electron chi connectivity index (χ1n) is 9.33. The Morgan fingerprint density at radius 1 is 1.17 bits per heavy atom. The lowest BCUT2D eigenvalue weighted by atomic mass is 9.97. The van der Waals surface area contributed by atoms with Crippen LogP contribution >= 0.6 is 0 Å². The highest BCUT2D eigenvalue weighted by atomic mass is 16.6. The molecule has 0 atom stereocenters. The summed E-state index contributed by atoms with van der Waals surface area (Å²) in [6.45, 7) is 0.995. The van der Waals surface area contributed by atoms with Crippen LogP contribution < -0.4 is 0 Å². The lowest BCUT2D eigenvalue weighted by Crippen LogP contribution is -2.40. The molecule has 0 radical (unpaired) electrons. The molecule has 10 heteroatoms. The number of nitro groups is 1. The summed E-state index contributed by atoms with van der Waals surface area (Å²) in [6.07, 6.45) is 1.56. The molecule has 0 N–H and O–H groups in total. The molecular weight excluding hydrogens is 382 g/mol. The summed E-state index contributed by atoms with van der Waals surface area (Å²) in [5.41, 5.74) is -0.102. The summed E-state index contributed by atoms with van der Waals surface area (Å²) in [5.74, 6) is -1.64. The molecule has 154 valence electrons. The van der Waals surface area contributed by atoms with Crippen LogP contribution in [0.2, 0.25) is 0 Å². The molecule has 0 spiro atoms. The van der Waals surface area contributed by atoms with Crippen molar-refractivity contribution in [2.75, 3.05) is 26.7 Å². The first kappa shape index (κ1) is 20.4. The molecule has 1 aromatic carbocycles. The highest BCUT2D eigenvalue weighted by Crippen LogP contribution is 2.27. The lowest BCUT2D eigenvalue weighted by molar-refractivity contribution is -0.384. The van der Waals surface area contributed by atoms with Crippen LogP contribution in [-0.4, -0.2) is 65.2 Å². The third-order valence-electron chi connectivity index (χ3n) is 5.32. The Balaban J connectivity index is 1.51. The van der Waals surface area contributed by atoms with E-state index in [0.29, 0.717) is 32.4 Å². The second-order valence-corrected chi connectivity index (χ2v) is 7.03. The molecule has 0 aliphatic carbocycles. The van der Waals surface area contributed by atoms with E-state index in [1.165, 1.54) is 19.2 Å². The van der Waals surface area contributed by atoms with E-state index in [1.807, 2.05) is 0 Å². The fourth-order valence-electron chi connectivity index (χ4n) is 3.67. The monoisotopic (exact) mass is 403 g/mol. The highest BCUT2D eigenvalue weighted by Gasteiger charge is 2.36. The van der Waals surface area contributed by atoms with Crippen LogP contribution in [-0.2, 0) is 14.3 Å². The Kier molecular flexibility index (Phi) is 5.90. The first-order valence-corrected chi connectivity index (χ1v) is 9.33. The molecular formula is C19H21N3O7. The van der Waals surface area contributed by atoms with Crippen molar-refractivity contribution in [2.45, 2.75) is 25.7 Å². The van der Waals surface area contributed by atoms with Gasteiger partial charge in [0.2, 0.25) is 5.91 Å². The number of nitro benzene ring substituents is 1. The van der Waals surface area contributed by atoms with Gasteiger partial charge in [-0.1, -0.05) is 0 Å². The Morgan fingerprint density at radius 3 is 2.45 bits per heavy atom. The van der Waals surface area contributed by atoms with Crippen LogP contribution in [0.15, 0.2) is 18.2 Å².